The van der Waals surface area contributed by atoms with Crippen LogP contribution in [0.4, 0.5) is 10.1 Å². The summed E-state index contributed by atoms with van der Waals surface area (Å²) < 4.78 is 56.9. The summed E-state index contributed by atoms with van der Waals surface area (Å²) in [5.41, 5.74) is 1.74. The maximum absolute atomic E-state index is 13.5. The van der Waals surface area contributed by atoms with Crippen molar-refractivity contribution in [3.8, 4) is 11.3 Å². The minimum atomic E-state index is -3.72. The Labute approximate surface area is 190 Å². The number of halogens is 1. The molecule has 0 bridgehead atoms. The number of carbonyl (C=O) groups excluding carboxylic acids is 1. The van der Waals surface area contributed by atoms with Crippen LogP contribution in [0, 0.1) is 5.82 Å². The summed E-state index contributed by atoms with van der Waals surface area (Å²) in [4.78, 5) is 12.9. The van der Waals surface area contributed by atoms with Crippen LogP contribution >= 0.6 is 0 Å². The first-order valence-corrected chi connectivity index (χ1v) is 12.3. The molecular weight excluding hydrogens is 453 g/mol. The molecule has 3 aromatic rings. The standard InChI is InChI=1S/C23H24FNO7S/c1-4-30-23(27)21-18-9-17-13(2)31-16(12-26)11-25(33(3,28)29)19(17)10-20(18)32-22(21)14-5-7-15(24)8-6-14/h5-10,13,16,26H,4,11-12H2,1-3H3/t13-,16+/m1/s1. The minimum Gasteiger partial charge on any atom is -0.462 e. The number of fused-ring (bicyclic) bond motifs is 2. The lowest BCUT2D eigenvalue weighted by molar-refractivity contribution is -0.0227. The van der Waals surface area contributed by atoms with Crippen molar-refractivity contribution in [3.63, 3.8) is 0 Å². The van der Waals surface area contributed by atoms with E-state index in [4.69, 9.17) is 13.9 Å². The van der Waals surface area contributed by atoms with Crippen molar-refractivity contribution < 1.29 is 36.6 Å². The van der Waals surface area contributed by atoms with Gasteiger partial charge >= 0.3 is 5.97 Å². The van der Waals surface area contributed by atoms with E-state index in [1.165, 1.54) is 24.3 Å². The Kier molecular flexibility index (Phi) is 6.17. The fraction of sp³-hybridized carbons (Fsp3) is 0.348. The lowest BCUT2D eigenvalue weighted by atomic mass is 10.0. The quantitative estimate of drug-likeness (QED) is 0.559. The molecule has 2 heterocycles. The summed E-state index contributed by atoms with van der Waals surface area (Å²) in [6, 6.07) is 8.67. The molecule has 1 N–H and O–H groups in total. The van der Waals surface area contributed by atoms with Gasteiger partial charge in [0.05, 0.1) is 43.9 Å². The highest BCUT2D eigenvalue weighted by Crippen LogP contribution is 2.42. The molecule has 0 saturated heterocycles. The second-order valence-electron chi connectivity index (χ2n) is 7.82. The molecule has 2 aromatic carbocycles. The smallest absolute Gasteiger partial charge is 0.342 e. The van der Waals surface area contributed by atoms with Gasteiger partial charge in [0.25, 0.3) is 0 Å². The summed E-state index contributed by atoms with van der Waals surface area (Å²) in [7, 11) is -3.72. The zero-order valence-corrected chi connectivity index (χ0v) is 19.2. The van der Waals surface area contributed by atoms with Gasteiger partial charge < -0.3 is 19.0 Å². The van der Waals surface area contributed by atoms with E-state index in [1.807, 2.05) is 0 Å². The Morgan fingerprint density at radius 2 is 1.97 bits per heavy atom. The summed E-state index contributed by atoms with van der Waals surface area (Å²) >= 11 is 0. The molecule has 2 atom stereocenters. The van der Waals surface area contributed by atoms with Crippen LogP contribution in [0.5, 0.6) is 0 Å². The van der Waals surface area contributed by atoms with Crippen LogP contribution in [0.1, 0.15) is 35.9 Å². The number of rotatable bonds is 5. The van der Waals surface area contributed by atoms with E-state index in [9.17, 15) is 22.7 Å². The topological polar surface area (TPSA) is 106 Å². The van der Waals surface area contributed by atoms with Gasteiger partial charge in [-0.2, -0.15) is 0 Å². The number of hydrogen-bond acceptors (Lipinski definition) is 7. The predicted octanol–water partition coefficient (Wildman–Crippen LogP) is 3.63. The van der Waals surface area contributed by atoms with Crippen LogP contribution < -0.4 is 4.31 Å². The van der Waals surface area contributed by atoms with E-state index in [-0.39, 0.29) is 36.7 Å². The van der Waals surface area contributed by atoms with Crippen LogP contribution in [0.25, 0.3) is 22.3 Å². The molecule has 0 unspecified atom stereocenters. The molecule has 4 rings (SSSR count). The molecular formula is C23H24FNO7S. The van der Waals surface area contributed by atoms with E-state index in [2.05, 4.69) is 0 Å². The van der Waals surface area contributed by atoms with E-state index in [0.29, 0.717) is 22.2 Å². The van der Waals surface area contributed by atoms with Crippen molar-refractivity contribution in [1.82, 2.24) is 0 Å². The highest BCUT2D eigenvalue weighted by molar-refractivity contribution is 7.92. The average Bonchev–Trinajstić information content (AvgIpc) is 3.06. The van der Waals surface area contributed by atoms with Gasteiger partial charge in [-0.3, -0.25) is 4.31 Å². The molecule has 0 radical (unpaired) electrons. The zero-order chi connectivity index (χ0) is 23.9. The number of furan rings is 1. The number of aliphatic hydroxyl groups is 1. The number of esters is 1. The molecule has 0 spiro atoms. The van der Waals surface area contributed by atoms with Crippen molar-refractivity contribution in [2.24, 2.45) is 0 Å². The highest BCUT2D eigenvalue weighted by atomic mass is 32.2. The van der Waals surface area contributed by atoms with Crippen molar-refractivity contribution >= 4 is 32.6 Å². The monoisotopic (exact) mass is 477 g/mol. The minimum absolute atomic E-state index is 0.0750. The van der Waals surface area contributed by atoms with Crippen LogP contribution in [-0.2, 0) is 19.5 Å². The third-order valence-corrected chi connectivity index (χ3v) is 6.65. The van der Waals surface area contributed by atoms with Crippen LogP contribution in [-0.4, -0.2) is 51.6 Å². The first-order chi connectivity index (χ1) is 15.6. The summed E-state index contributed by atoms with van der Waals surface area (Å²) in [5.74, 6) is -0.866. The average molecular weight is 478 g/mol. The molecule has 0 aliphatic carbocycles. The molecule has 8 nitrogen and oxygen atoms in total. The van der Waals surface area contributed by atoms with Crippen molar-refractivity contribution in [2.75, 3.05) is 30.3 Å². The molecule has 1 aromatic heterocycles. The normalized spacial score (nSPS) is 18.8. The Balaban J connectivity index is 2.00. The number of ether oxygens (including phenoxy) is 2. The summed E-state index contributed by atoms with van der Waals surface area (Å²) in [5, 5.41) is 10.1. The highest BCUT2D eigenvalue weighted by Gasteiger charge is 2.33. The van der Waals surface area contributed by atoms with Gasteiger partial charge in [0.2, 0.25) is 10.0 Å². The summed E-state index contributed by atoms with van der Waals surface area (Å²) in [6.45, 7) is 3.12. The van der Waals surface area contributed by atoms with E-state index in [0.717, 1.165) is 10.6 Å². The Morgan fingerprint density at radius 3 is 2.58 bits per heavy atom. The maximum atomic E-state index is 13.5. The number of hydrogen-bond donors (Lipinski definition) is 1. The Hall–Kier alpha value is -2.95. The van der Waals surface area contributed by atoms with Gasteiger partial charge in [-0.25, -0.2) is 17.6 Å². The molecule has 176 valence electrons. The van der Waals surface area contributed by atoms with Gasteiger partial charge in [0.1, 0.15) is 22.7 Å². The van der Waals surface area contributed by atoms with Crippen molar-refractivity contribution in [3.05, 3.63) is 53.3 Å². The van der Waals surface area contributed by atoms with Crippen LogP contribution in [0.15, 0.2) is 40.8 Å². The molecule has 10 heteroatoms. The van der Waals surface area contributed by atoms with Crippen LogP contribution in [0.2, 0.25) is 0 Å². The van der Waals surface area contributed by atoms with Crippen molar-refractivity contribution in [2.45, 2.75) is 26.1 Å². The third kappa shape index (κ3) is 4.33. The second-order valence-corrected chi connectivity index (χ2v) is 9.72. The predicted molar refractivity (Wildman–Crippen MR) is 120 cm³/mol. The number of sulfonamides is 1. The zero-order valence-electron chi connectivity index (χ0n) is 18.4. The van der Waals surface area contributed by atoms with Crippen LogP contribution in [0.3, 0.4) is 0 Å². The van der Waals surface area contributed by atoms with Gasteiger partial charge in [-0.15, -0.1) is 0 Å². The first kappa shape index (κ1) is 23.2. The van der Waals surface area contributed by atoms with E-state index >= 15 is 0 Å². The number of nitrogens with zero attached hydrogens (tertiary/aromatic N) is 1. The van der Waals surface area contributed by atoms with Gasteiger partial charge in [-0.05, 0) is 44.2 Å². The molecule has 0 saturated carbocycles. The number of aliphatic hydroxyl groups excluding tert-OH is 1. The van der Waals surface area contributed by atoms with Gasteiger partial charge in [-0.1, -0.05) is 0 Å². The lowest BCUT2D eigenvalue weighted by Crippen LogP contribution is -2.38. The molecule has 0 amide bonds. The SMILES string of the molecule is CCOC(=O)c1c(-c2ccc(F)cc2)oc2cc3c(cc12)[C@@H](C)O[C@H](CO)CN3S(C)(=O)=O. The number of anilines is 1. The number of benzene rings is 2. The molecule has 0 fully saturated rings. The largest absolute Gasteiger partial charge is 0.462 e. The fourth-order valence-corrected chi connectivity index (χ4v) is 4.96. The maximum Gasteiger partial charge on any atom is 0.342 e. The van der Waals surface area contributed by atoms with E-state index in [1.54, 1.807) is 26.0 Å². The number of carbonyl (C=O) groups is 1. The molecule has 1 aliphatic rings. The third-order valence-electron chi connectivity index (χ3n) is 5.50. The second kappa shape index (κ2) is 8.77. The fourth-order valence-electron chi connectivity index (χ4n) is 4.00. The van der Waals surface area contributed by atoms with Crippen molar-refractivity contribution in [1.29, 1.82) is 0 Å². The molecule has 1 aliphatic heterocycles. The molecule has 33 heavy (non-hydrogen) atoms. The summed E-state index contributed by atoms with van der Waals surface area (Å²) in [6.07, 6.45) is -0.234. The Bertz CT molecular complexity index is 1300. The van der Waals surface area contributed by atoms with E-state index < -0.39 is 34.0 Å². The van der Waals surface area contributed by atoms with Gasteiger partial charge in [0.15, 0.2) is 0 Å². The lowest BCUT2D eigenvalue weighted by Gasteiger charge is -2.24. The Morgan fingerprint density at radius 1 is 1.27 bits per heavy atom. The van der Waals surface area contributed by atoms with Gasteiger partial charge in [0, 0.05) is 22.6 Å². The first-order valence-electron chi connectivity index (χ1n) is 10.4.